The fraction of sp³-hybridized carbons (Fsp3) is 0.333. The zero-order chi connectivity index (χ0) is 12.8. The second-order valence-corrected chi connectivity index (χ2v) is 4.33. The quantitative estimate of drug-likeness (QED) is 0.849. The molecule has 0 saturated carbocycles. The van der Waals surface area contributed by atoms with Crippen LogP contribution in [0.2, 0.25) is 0 Å². The summed E-state index contributed by atoms with van der Waals surface area (Å²) >= 11 is 0. The van der Waals surface area contributed by atoms with Crippen molar-refractivity contribution < 1.29 is 9.15 Å². The van der Waals surface area contributed by atoms with Crippen molar-refractivity contribution in [2.24, 2.45) is 0 Å². The van der Waals surface area contributed by atoms with Gasteiger partial charge in [0, 0.05) is 0 Å². The molecular weight excluding hydrogens is 226 g/mol. The van der Waals surface area contributed by atoms with Crippen molar-refractivity contribution in [1.29, 1.82) is 0 Å². The molecule has 0 spiro atoms. The van der Waals surface area contributed by atoms with E-state index < -0.39 is 0 Å². The van der Waals surface area contributed by atoms with Crippen molar-refractivity contribution in [2.75, 3.05) is 7.05 Å². The first-order chi connectivity index (χ1) is 8.79. The van der Waals surface area contributed by atoms with Gasteiger partial charge in [0.05, 0.1) is 13.2 Å². The van der Waals surface area contributed by atoms with Crippen LogP contribution in [0.3, 0.4) is 0 Å². The normalized spacial score (nSPS) is 10.8. The van der Waals surface area contributed by atoms with Crippen molar-refractivity contribution in [3.63, 3.8) is 0 Å². The minimum Gasteiger partial charge on any atom is -0.462 e. The zero-order valence-corrected chi connectivity index (χ0v) is 10.9. The van der Waals surface area contributed by atoms with Crippen LogP contribution in [-0.2, 0) is 24.5 Å². The number of aryl methyl sites for hydroxylation is 1. The molecule has 1 N–H and O–H groups in total. The van der Waals surface area contributed by atoms with Crippen molar-refractivity contribution in [2.45, 2.75) is 26.7 Å². The van der Waals surface area contributed by atoms with Gasteiger partial charge in [-0.3, -0.25) is 0 Å². The summed E-state index contributed by atoms with van der Waals surface area (Å²) in [5, 5.41) is 3.09. The van der Waals surface area contributed by atoms with Crippen LogP contribution in [-0.4, -0.2) is 7.05 Å². The molecule has 1 aromatic heterocycles. The van der Waals surface area contributed by atoms with Crippen molar-refractivity contribution in [1.82, 2.24) is 5.32 Å². The minimum absolute atomic E-state index is 0.513. The first-order valence-electron chi connectivity index (χ1n) is 6.14. The van der Waals surface area contributed by atoms with Crippen LogP contribution >= 0.6 is 0 Å². The standard InChI is InChI=1S/C15H19NO2/c1-12-8-14(18-15(12)9-16-2)11-17-10-13-6-4-3-5-7-13/h3-8,16H,9-11H2,1-2H3. The number of hydrogen-bond acceptors (Lipinski definition) is 3. The maximum atomic E-state index is 5.71. The Morgan fingerprint density at radius 2 is 1.94 bits per heavy atom. The van der Waals surface area contributed by atoms with Gasteiger partial charge in [-0.15, -0.1) is 0 Å². The van der Waals surface area contributed by atoms with Gasteiger partial charge in [-0.2, -0.15) is 0 Å². The second-order valence-electron chi connectivity index (χ2n) is 4.33. The van der Waals surface area contributed by atoms with E-state index in [1.54, 1.807) is 0 Å². The van der Waals surface area contributed by atoms with E-state index in [9.17, 15) is 0 Å². The van der Waals surface area contributed by atoms with Gasteiger partial charge in [0.25, 0.3) is 0 Å². The molecule has 3 heteroatoms. The van der Waals surface area contributed by atoms with E-state index in [1.807, 2.05) is 31.3 Å². The third-order valence-electron chi connectivity index (χ3n) is 2.76. The molecule has 1 heterocycles. The predicted molar refractivity (Wildman–Crippen MR) is 71.1 cm³/mol. The number of rotatable bonds is 6. The minimum atomic E-state index is 0.513. The van der Waals surface area contributed by atoms with Gasteiger partial charge in [-0.05, 0) is 31.2 Å². The molecule has 96 valence electrons. The largest absolute Gasteiger partial charge is 0.462 e. The fourth-order valence-electron chi connectivity index (χ4n) is 1.84. The topological polar surface area (TPSA) is 34.4 Å². The summed E-state index contributed by atoms with van der Waals surface area (Å²) in [6.45, 7) is 3.93. The molecule has 0 aliphatic carbocycles. The van der Waals surface area contributed by atoms with Crippen molar-refractivity contribution in [3.05, 3.63) is 59.0 Å². The van der Waals surface area contributed by atoms with Crippen LogP contribution in [0.5, 0.6) is 0 Å². The maximum absolute atomic E-state index is 5.71. The van der Waals surface area contributed by atoms with Gasteiger partial charge in [-0.1, -0.05) is 30.3 Å². The molecular formula is C15H19NO2. The van der Waals surface area contributed by atoms with Gasteiger partial charge in [0.2, 0.25) is 0 Å². The van der Waals surface area contributed by atoms with E-state index in [4.69, 9.17) is 9.15 Å². The molecule has 0 atom stereocenters. The Labute approximate surface area is 108 Å². The Morgan fingerprint density at radius 1 is 1.17 bits per heavy atom. The Kier molecular flexibility index (Phi) is 4.56. The predicted octanol–water partition coefficient (Wildman–Crippen LogP) is 3.02. The average molecular weight is 245 g/mol. The van der Waals surface area contributed by atoms with Gasteiger partial charge >= 0.3 is 0 Å². The highest BCUT2D eigenvalue weighted by Gasteiger charge is 2.06. The van der Waals surface area contributed by atoms with E-state index in [0.29, 0.717) is 13.2 Å². The lowest BCUT2D eigenvalue weighted by Crippen LogP contribution is -2.04. The molecule has 0 aliphatic rings. The molecule has 0 aliphatic heterocycles. The summed E-state index contributed by atoms with van der Waals surface area (Å²) < 4.78 is 11.3. The van der Waals surface area contributed by atoms with E-state index >= 15 is 0 Å². The van der Waals surface area contributed by atoms with Crippen LogP contribution in [0, 0.1) is 6.92 Å². The molecule has 18 heavy (non-hydrogen) atoms. The number of benzene rings is 1. The van der Waals surface area contributed by atoms with Crippen LogP contribution in [0.25, 0.3) is 0 Å². The highest BCUT2D eigenvalue weighted by atomic mass is 16.5. The summed E-state index contributed by atoms with van der Waals surface area (Å²) in [6, 6.07) is 12.2. The number of nitrogens with one attached hydrogen (secondary N) is 1. The van der Waals surface area contributed by atoms with Gasteiger partial charge in [-0.25, -0.2) is 0 Å². The van der Waals surface area contributed by atoms with E-state index in [2.05, 4.69) is 24.4 Å². The molecule has 0 unspecified atom stereocenters. The number of ether oxygens (including phenoxy) is 1. The monoisotopic (exact) mass is 245 g/mol. The van der Waals surface area contributed by atoms with Crippen LogP contribution in [0.15, 0.2) is 40.8 Å². The Balaban J connectivity index is 1.85. The van der Waals surface area contributed by atoms with E-state index in [0.717, 1.165) is 18.1 Å². The molecule has 0 fully saturated rings. The molecule has 0 saturated heterocycles. The van der Waals surface area contributed by atoms with Gasteiger partial charge < -0.3 is 14.5 Å². The molecule has 0 amide bonds. The summed E-state index contributed by atoms with van der Waals surface area (Å²) in [7, 11) is 1.91. The maximum Gasteiger partial charge on any atom is 0.130 e. The number of furan rings is 1. The van der Waals surface area contributed by atoms with Crippen molar-refractivity contribution in [3.8, 4) is 0 Å². The van der Waals surface area contributed by atoms with Gasteiger partial charge in [0.1, 0.15) is 18.1 Å². The summed E-state index contributed by atoms with van der Waals surface area (Å²) in [4.78, 5) is 0. The van der Waals surface area contributed by atoms with E-state index in [-0.39, 0.29) is 0 Å². The highest BCUT2D eigenvalue weighted by molar-refractivity contribution is 5.19. The molecule has 2 rings (SSSR count). The highest BCUT2D eigenvalue weighted by Crippen LogP contribution is 2.15. The lowest BCUT2D eigenvalue weighted by atomic mass is 10.2. The fourth-order valence-corrected chi connectivity index (χ4v) is 1.84. The lowest BCUT2D eigenvalue weighted by Gasteiger charge is -2.02. The molecule has 1 aromatic carbocycles. The molecule has 0 radical (unpaired) electrons. The molecule has 0 bridgehead atoms. The summed E-state index contributed by atoms with van der Waals surface area (Å²) in [6.07, 6.45) is 0. The second kappa shape index (κ2) is 6.38. The lowest BCUT2D eigenvalue weighted by molar-refractivity contribution is 0.0920. The Hall–Kier alpha value is -1.58. The average Bonchev–Trinajstić information content (AvgIpc) is 2.72. The molecule has 3 nitrogen and oxygen atoms in total. The Bertz CT molecular complexity index is 476. The smallest absolute Gasteiger partial charge is 0.130 e. The first kappa shape index (κ1) is 12.9. The summed E-state index contributed by atoms with van der Waals surface area (Å²) in [5.74, 6) is 1.87. The first-order valence-corrected chi connectivity index (χ1v) is 6.14. The number of hydrogen-bond donors (Lipinski definition) is 1. The Morgan fingerprint density at radius 3 is 2.67 bits per heavy atom. The van der Waals surface area contributed by atoms with Crippen LogP contribution in [0.1, 0.15) is 22.6 Å². The third kappa shape index (κ3) is 3.45. The third-order valence-corrected chi connectivity index (χ3v) is 2.76. The van der Waals surface area contributed by atoms with Crippen LogP contribution in [0.4, 0.5) is 0 Å². The zero-order valence-electron chi connectivity index (χ0n) is 10.9. The van der Waals surface area contributed by atoms with Crippen molar-refractivity contribution >= 4 is 0 Å². The SMILES string of the molecule is CNCc1oc(COCc2ccccc2)cc1C. The van der Waals surface area contributed by atoms with Gasteiger partial charge in [0.15, 0.2) is 0 Å². The van der Waals surface area contributed by atoms with E-state index in [1.165, 1.54) is 11.1 Å². The summed E-state index contributed by atoms with van der Waals surface area (Å²) in [5.41, 5.74) is 2.35. The molecule has 2 aromatic rings. The van der Waals surface area contributed by atoms with Crippen LogP contribution < -0.4 is 5.32 Å².